The average Bonchev–Trinajstić information content (AvgIpc) is 1.65. The molecule has 9 heavy (non-hydrogen) atoms. The molecule has 56 valence electrons. The zero-order valence-corrected chi connectivity index (χ0v) is 9.98. The van der Waals surface area contributed by atoms with Crippen molar-refractivity contribution in [1.29, 1.82) is 0 Å². The van der Waals surface area contributed by atoms with Gasteiger partial charge in [0.1, 0.15) is 0 Å². The number of hydrogen-bond donors (Lipinski definition) is 2. The van der Waals surface area contributed by atoms with Crippen molar-refractivity contribution in [3.8, 4) is 0 Å². The van der Waals surface area contributed by atoms with E-state index < -0.39 is 0 Å². The molecule has 0 saturated carbocycles. The summed E-state index contributed by atoms with van der Waals surface area (Å²) in [6.45, 7) is 5.69. The van der Waals surface area contributed by atoms with E-state index in [0.717, 1.165) is 6.42 Å². The molecule has 0 radical (unpaired) electrons. The van der Waals surface area contributed by atoms with E-state index in [0.29, 0.717) is 6.61 Å². The largest absolute Gasteiger partial charge is 0.396 e. The smallest absolute Gasteiger partial charge is 0.0483 e. The first kappa shape index (κ1) is 16.4. The van der Waals surface area contributed by atoms with Gasteiger partial charge in [-0.3, -0.25) is 0 Å². The minimum Gasteiger partial charge on any atom is -0.396 e. The first-order valence-corrected chi connectivity index (χ1v) is 2.94. The van der Waals surface area contributed by atoms with Crippen LogP contribution in [-0.2, 0) is 25.8 Å². The van der Waals surface area contributed by atoms with Gasteiger partial charge in [-0.15, -0.1) is 0 Å². The van der Waals surface area contributed by atoms with Crippen molar-refractivity contribution < 1.29 is 36.1 Å². The van der Waals surface area contributed by atoms with Crippen LogP contribution in [0.5, 0.6) is 0 Å². The van der Waals surface area contributed by atoms with Crippen LogP contribution in [0.2, 0.25) is 0 Å². The van der Waals surface area contributed by atoms with Crippen LogP contribution < -0.4 is 0 Å². The summed E-state index contributed by atoms with van der Waals surface area (Å²) in [5.74, 6) is 0. The van der Waals surface area contributed by atoms with Gasteiger partial charge in [0.05, 0.1) is 0 Å². The van der Waals surface area contributed by atoms with Gasteiger partial charge in [-0.25, -0.2) is 0 Å². The molecule has 0 spiro atoms. The van der Waals surface area contributed by atoms with E-state index in [4.69, 9.17) is 10.2 Å². The third-order valence-corrected chi connectivity index (χ3v) is 0.224. The Morgan fingerprint density at radius 3 is 1.44 bits per heavy atom. The molecule has 0 rings (SSSR count). The van der Waals surface area contributed by atoms with Crippen LogP contribution in [0.25, 0.3) is 0 Å². The normalized spacial score (nSPS) is 7.33. The van der Waals surface area contributed by atoms with Gasteiger partial charge >= 0.3 is 0 Å². The zero-order chi connectivity index (χ0) is 6.99. The zero-order valence-electron chi connectivity index (χ0n) is 6.39. The number of aliphatic hydroxyl groups is 2. The van der Waals surface area contributed by atoms with Crippen LogP contribution in [0.1, 0.15) is 27.2 Å². The maximum absolute atomic E-state index is 8.06. The Labute approximate surface area is 76.1 Å². The minimum atomic E-state index is -0.167. The van der Waals surface area contributed by atoms with E-state index in [-0.39, 0.29) is 31.9 Å². The topological polar surface area (TPSA) is 40.5 Å². The molecule has 0 aliphatic rings. The summed E-state index contributed by atoms with van der Waals surface area (Å²) in [7, 11) is 0. The van der Waals surface area contributed by atoms with Crippen molar-refractivity contribution >= 4 is 0 Å². The molecule has 0 fully saturated rings. The van der Waals surface area contributed by atoms with E-state index in [1.165, 1.54) is 0 Å². The Balaban J connectivity index is -0.0000000720. The number of hydrogen-bond acceptors (Lipinski definition) is 2. The first-order chi connectivity index (χ1) is 3.65. The van der Waals surface area contributed by atoms with E-state index >= 15 is 0 Å². The Hall–Kier alpha value is 0.790. The van der Waals surface area contributed by atoms with Crippen LogP contribution in [0.3, 0.4) is 0 Å². The Bertz CT molecular complexity index is 27.5. The molecule has 0 heterocycles. The quantitative estimate of drug-likeness (QED) is 0.702. The molecule has 0 amide bonds. The van der Waals surface area contributed by atoms with E-state index in [9.17, 15) is 0 Å². The Kier molecular flexibility index (Phi) is 29.0. The molecule has 0 unspecified atom stereocenters. The third-order valence-electron chi connectivity index (χ3n) is 0.224. The monoisotopic (exact) mass is 300 g/mol. The summed E-state index contributed by atoms with van der Waals surface area (Å²) in [6, 6.07) is 0. The predicted octanol–water partition coefficient (Wildman–Crippen LogP) is 0.773. The summed E-state index contributed by atoms with van der Waals surface area (Å²) in [5.41, 5.74) is 0. The molecule has 0 saturated heterocycles. The Morgan fingerprint density at radius 1 is 1.33 bits per heavy atom. The molecular formula is C6H16HfO2. The Morgan fingerprint density at radius 2 is 1.44 bits per heavy atom. The standard InChI is InChI=1S/2C3H8O.Hf/c1-3(2)4;1-2-3-4;/h3-4H,1-2H3;4H,2-3H2,1H3;. The molecule has 0 aliphatic carbocycles. The molecule has 0 aliphatic heterocycles. The van der Waals surface area contributed by atoms with Crippen molar-refractivity contribution in [3.05, 3.63) is 0 Å². The molecule has 0 aromatic rings. The second-order valence-corrected chi connectivity index (χ2v) is 1.82. The fourth-order valence-electron chi connectivity index (χ4n) is 0. The molecule has 2 nitrogen and oxygen atoms in total. The fourth-order valence-corrected chi connectivity index (χ4v) is 0. The van der Waals surface area contributed by atoms with Gasteiger partial charge in [-0.1, -0.05) is 6.92 Å². The van der Waals surface area contributed by atoms with Gasteiger partial charge in [-0.2, -0.15) is 0 Å². The van der Waals surface area contributed by atoms with Crippen LogP contribution in [-0.4, -0.2) is 22.9 Å². The molecule has 0 bridgehead atoms. The SMILES string of the molecule is CC(C)O.CCCO.[Hf]. The molecule has 3 heteroatoms. The van der Waals surface area contributed by atoms with Gasteiger partial charge in [-0.05, 0) is 20.3 Å². The van der Waals surface area contributed by atoms with Crippen LogP contribution in [0.15, 0.2) is 0 Å². The van der Waals surface area contributed by atoms with Crippen molar-refractivity contribution in [3.63, 3.8) is 0 Å². The third kappa shape index (κ3) is 126. The maximum Gasteiger partial charge on any atom is 0.0483 e. The van der Waals surface area contributed by atoms with Gasteiger partial charge in [0.2, 0.25) is 0 Å². The number of rotatable bonds is 1. The van der Waals surface area contributed by atoms with E-state index in [1.54, 1.807) is 13.8 Å². The second-order valence-electron chi connectivity index (χ2n) is 1.82. The average molecular weight is 299 g/mol. The molecule has 2 N–H and O–H groups in total. The summed E-state index contributed by atoms with van der Waals surface area (Å²) in [4.78, 5) is 0. The minimum absolute atomic E-state index is 0. The first-order valence-electron chi connectivity index (χ1n) is 2.94. The van der Waals surface area contributed by atoms with Gasteiger partial charge < -0.3 is 10.2 Å². The van der Waals surface area contributed by atoms with E-state index in [1.807, 2.05) is 6.92 Å². The summed E-state index contributed by atoms with van der Waals surface area (Å²) < 4.78 is 0. The number of aliphatic hydroxyl groups excluding tert-OH is 2. The molecule has 0 aromatic heterocycles. The van der Waals surface area contributed by atoms with Crippen LogP contribution >= 0.6 is 0 Å². The summed E-state index contributed by atoms with van der Waals surface area (Å²) in [6.07, 6.45) is 0.708. The van der Waals surface area contributed by atoms with Crippen molar-refractivity contribution in [2.45, 2.75) is 33.3 Å². The fraction of sp³-hybridized carbons (Fsp3) is 1.00. The second kappa shape index (κ2) is 15.9. The van der Waals surface area contributed by atoms with Crippen LogP contribution in [0, 0.1) is 0 Å². The van der Waals surface area contributed by atoms with Crippen molar-refractivity contribution in [2.24, 2.45) is 0 Å². The van der Waals surface area contributed by atoms with Crippen molar-refractivity contribution in [2.75, 3.05) is 6.61 Å². The summed E-state index contributed by atoms with van der Waals surface area (Å²) in [5, 5.41) is 15.9. The van der Waals surface area contributed by atoms with Crippen LogP contribution in [0.4, 0.5) is 0 Å². The summed E-state index contributed by atoms with van der Waals surface area (Å²) >= 11 is 0. The molecular weight excluding hydrogens is 283 g/mol. The molecule has 0 aromatic carbocycles. The van der Waals surface area contributed by atoms with Gasteiger partial charge in [0.25, 0.3) is 0 Å². The van der Waals surface area contributed by atoms with E-state index in [2.05, 4.69) is 0 Å². The maximum atomic E-state index is 8.06. The van der Waals surface area contributed by atoms with Gasteiger partial charge in [0.15, 0.2) is 0 Å². The molecule has 0 atom stereocenters. The van der Waals surface area contributed by atoms with Crippen molar-refractivity contribution in [1.82, 2.24) is 0 Å². The predicted molar refractivity (Wildman–Crippen MR) is 34.7 cm³/mol. The van der Waals surface area contributed by atoms with Gasteiger partial charge in [0, 0.05) is 38.6 Å².